The standard InChI is InChI=1S/C11H9N3O/c1-3-8(12-5-1)10-11(14-7-13-10)9-4-2-6-15-9/h1-7,12H,(H,13,14). The van der Waals surface area contributed by atoms with Crippen molar-refractivity contribution in [3.05, 3.63) is 43.1 Å². The molecule has 15 heavy (non-hydrogen) atoms. The molecule has 0 radical (unpaired) electrons. The van der Waals surface area contributed by atoms with Crippen molar-refractivity contribution in [2.75, 3.05) is 0 Å². The Kier molecular flexibility index (Phi) is 1.71. The minimum atomic E-state index is 0.789. The first-order valence-corrected chi connectivity index (χ1v) is 4.66. The zero-order valence-corrected chi connectivity index (χ0v) is 7.90. The number of imidazole rings is 1. The highest BCUT2D eigenvalue weighted by Crippen LogP contribution is 2.27. The summed E-state index contributed by atoms with van der Waals surface area (Å²) in [7, 11) is 0. The highest BCUT2D eigenvalue weighted by atomic mass is 16.3. The van der Waals surface area contributed by atoms with Crippen LogP contribution in [0.3, 0.4) is 0 Å². The van der Waals surface area contributed by atoms with Crippen LogP contribution in [-0.2, 0) is 0 Å². The molecule has 2 N–H and O–H groups in total. The summed E-state index contributed by atoms with van der Waals surface area (Å²) in [6.07, 6.45) is 5.18. The van der Waals surface area contributed by atoms with E-state index in [2.05, 4.69) is 15.0 Å². The minimum Gasteiger partial charge on any atom is -0.463 e. The third kappa shape index (κ3) is 1.27. The lowest BCUT2D eigenvalue weighted by Crippen LogP contribution is -1.81. The second kappa shape index (κ2) is 3.16. The number of rotatable bonds is 2. The van der Waals surface area contributed by atoms with E-state index in [1.165, 1.54) is 0 Å². The molecule has 0 aliphatic carbocycles. The van der Waals surface area contributed by atoms with E-state index in [1.807, 2.05) is 30.5 Å². The molecular formula is C11H9N3O. The Morgan fingerprint density at radius 3 is 2.87 bits per heavy atom. The third-order valence-electron chi connectivity index (χ3n) is 2.26. The van der Waals surface area contributed by atoms with E-state index < -0.39 is 0 Å². The van der Waals surface area contributed by atoms with Crippen LogP contribution < -0.4 is 0 Å². The molecule has 3 aromatic heterocycles. The van der Waals surface area contributed by atoms with Gasteiger partial charge in [0.05, 0.1) is 18.3 Å². The Bertz CT molecular complexity index is 485. The molecule has 0 saturated heterocycles. The van der Waals surface area contributed by atoms with Crippen LogP contribution in [-0.4, -0.2) is 15.0 Å². The molecule has 0 aliphatic rings. The van der Waals surface area contributed by atoms with Crippen molar-refractivity contribution in [3.63, 3.8) is 0 Å². The summed E-state index contributed by atoms with van der Waals surface area (Å²) in [5, 5.41) is 0. The third-order valence-corrected chi connectivity index (χ3v) is 2.26. The molecule has 0 amide bonds. The van der Waals surface area contributed by atoms with Crippen molar-refractivity contribution in [3.8, 4) is 22.8 Å². The molecule has 0 unspecified atom stereocenters. The fourth-order valence-corrected chi connectivity index (χ4v) is 1.58. The molecule has 3 aromatic rings. The van der Waals surface area contributed by atoms with Crippen molar-refractivity contribution in [1.82, 2.24) is 15.0 Å². The average Bonchev–Trinajstić information content (AvgIpc) is 3.01. The summed E-state index contributed by atoms with van der Waals surface area (Å²) >= 11 is 0. The minimum absolute atomic E-state index is 0.789. The lowest BCUT2D eigenvalue weighted by atomic mass is 10.2. The topological polar surface area (TPSA) is 57.6 Å². The first-order chi connectivity index (χ1) is 7.45. The van der Waals surface area contributed by atoms with E-state index in [0.717, 1.165) is 22.8 Å². The lowest BCUT2D eigenvalue weighted by molar-refractivity contribution is 0.580. The van der Waals surface area contributed by atoms with Gasteiger partial charge in [0.1, 0.15) is 11.4 Å². The predicted molar refractivity (Wildman–Crippen MR) is 56.1 cm³/mol. The summed E-state index contributed by atoms with van der Waals surface area (Å²) in [6.45, 7) is 0. The number of nitrogens with zero attached hydrogens (tertiary/aromatic N) is 1. The van der Waals surface area contributed by atoms with Crippen LogP contribution in [0.15, 0.2) is 47.5 Å². The van der Waals surface area contributed by atoms with E-state index in [1.54, 1.807) is 12.6 Å². The summed E-state index contributed by atoms with van der Waals surface area (Å²) in [5.41, 5.74) is 2.74. The molecule has 0 saturated carbocycles. The maximum absolute atomic E-state index is 5.33. The largest absolute Gasteiger partial charge is 0.463 e. The number of H-pyrrole nitrogens is 2. The van der Waals surface area contributed by atoms with Crippen LogP contribution in [0.2, 0.25) is 0 Å². The van der Waals surface area contributed by atoms with Crippen molar-refractivity contribution in [1.29, 1.82) is 0 Å². The van der Waals surface area contributed by atoms with Gasteiger partial charge in [-0.1, -0.05) is 0 Å². The van der Waals surface area contributed by atoms with Crippen molar-refractivity contribution in [2.24, 2.45) is 0 Å². The fourth-order valence-electron chi connectivity index (χ4n) is 1.58. The van der Waals surface area contributed by atoms with Crippen LogP contribution in [0.4, 0.5) is 0 Å². The normalized spacial score (nSPS) is 10.7. The Morgan fingerprint density at radius 2 is 2.13 bits per heavy atom. The summed E-state index contributed by atoms with van der Waals surface area (Å²) in [5.74, 6) is 0.789. The molecule has 4 nitrogen and oxygen atoms in total. The number of furan rings is 1. The van der Waals surface area contributed by atoms with Crippen molar-refractivity contribution < 1.29 is 4.42 Å². The average molecular weight is 199 g/mol. The quantitative estimate of drug-likeness (QED) is 0.666. The summed E-state index contributed by atoms with van der Waals surface area (Å²) in [4.78, 5) is 10.5. The van der Waals surface area contributed by atoms with E-state index in [4.69, 9.17) is 4.42 Å². The molecule has 3 rings (SSSR count). The van der Waals surface area contributed by atoms with Gasteiger partial charge in [-0.3, -0.25) is 0 Å². The van der Waals surface area contributed by atoms with Gasteiger partial charge in [-0.15, -0.1) is 0 Å². The summed E-state index contributed by atoms with van der Waals surface area (Å²) < 4.78 is 5.33. The number of hydrogen-bond acceptors (Lipinski definition) is 2. The number of aromatic amines is 2. The van der Waals surface area contributed by atoms with E-state index in [0.29, 0.717) is 0 Å². The maximum Gasteiger partial charge on any atom is 0.152 e. The zero-order chi connectivity index (χ0) is 10.1. The van der Waals surface area contributed by atoms with Crippen LogP contribution in [0, 0.1) is 0 Å². The molecule has 74 valence electrons. The predicted octanol–water partition coefficient (Wildman–Crippen LogP) is 2.66. The Balaban J connectivity index is 2.15. The Morgan fingerprint density at radius 1 is 1.13 bits per heavy atom. The molecule has 3 heterocycles. The lowest BCUT2D eigenvalue weighted by Gasteiger charge is -1.96. The van der Waals surface area contributed by atoms with E-state index in [9.17, 15) is 0 Å². The van der Waals surface area contributed by atoms with Gasteiger partial charge in [0.25, 0.3) is 0 Å². The first kappa shape index (κ1) is 8.11. The number of nitrogens with one attached hydrogen (secondary N) is 2. The van der Waals surface area contributed by atoms with Gasteiger partial charge in [0.2, 0.25) is 0 Å². The van der Waals surface area contributed by atoms with Gasteiger partial charge in [0, 0.05) is 6.20 Å². The van der Waals surface area contributed by atoms with Crippen molar-refractivity contribution in [2.45, 2.75) is 0 Å². The van der Waals surface area contributed by atoms with Gasteiger partial charge in [-0.2, -0.15) is 0 Å². The van der Waals surface area contributed by atoms with Crippen LogP contribution in [0.25, 0.3) is 22.8 Å². The zero-order valence-electron chi connectivity index (χ0n) is 7.90. The molecule has 0 aromatic carbocycles. The smallest absolute Gasteiger partial charge is 0.152 e. The SMILES string of the molecule is c1c[nH]c(-c2nc[nH]c2-c2ccco2)c1. The molecule has 0 aliphatic heterocycles. The fraction of sp³-hybridized carbons (Fsp3) is 0. The monoisotopic (exact) mass is 199 g/mol. The number of aromatic nitrogens is 3. The van der Waals surface area contributed by atoms with Crippen LogP contribution in [0.5, 0.6) is 0 Å². The van der Waals surface area contributed by atoms with E-state index in [-0.39, 0.29) is 0 Å². The molecule has 0 spiro atoms. The van der Waals surface area contributed by atoms with Gasteiger partial charge < -0.3 is 14.4 Å². The van der Waals surface area contributed by atoms with Gasteiger partial charge in [0.15, 0.2) is 5.76 Å². The van der Waals surface area contributed by atoms with Gasteiger partial charge >= 0.3 is 0 Å². The van der Waals surface area contributed by atoms with Gasteiger partial charge in [-0.25, -0.2) is 4.98 Å². The highest BCUT2D eigenvalue weighted by Gasteiger charge is 2.12. The van der Waals surface area contributed by atoms with Crippen molar-refractivity contribution >= 4 is 0 Å². The molecule has 0 atom stereocenters. The summed E-state index contributed by atoms with van der Waals surface area (Å²) in [6, 6.07) is 7.67. The molecule has 0 bridgehead atoms. The second-order valence-electron chi connectivity index (χ2n) is 3.19. The molecule has 0 fully saturated rings. The second-order valence-corrected chi connectivity index (χ2v) is 3.19. The van der Waals surface area contributed by atoms with Crippen LogP contribution >= 0.6 is 0 Å². The molecular weight excluding hydrogens is 190 g/mol. The number of hydrogen-bond donors (Lipinski definition) is 2. The van der Waals surface area contributed by atoms with Gasteiger partial charge in [-0.05, 0) is 24.3 Å². The Hall–Kier alpha value is -2.23. The first-order valence-electron chi connectivity index (χ1n) is 4.66. The van der Waals surface area contributed by atoms with Crippen LogP contribution in [0.1, 0.15) is 0 Å². The Labute approximate surface area is 86.0 Å². The maximum atomic E-state index is 5.33. The molecule has 4 heteroatoms. The van der Waals surface area contributed by atoms with E-state index >= 15 is 0 Å². The highest BCUT2D eigenvalue weighted by molar-refractivity contribution is 5.73.